The first-order chi connectivity index (χ1) is 9.04. The molecular formula is C13H17FN2O3. The number of carbonyl (C=O) groups is 2. The predicted octanol–water partition coefficient (Wildman–Crippen LogP) is 1.88. The predicted molar refractivity (Wildman–Crippen MR) is 68.1 cm³/mol. The molecule has 5 nitrogen and oxygen atoms in total. The van der Waals surface area contributed by atoms with Gasteiger partial charge in [-0.3, -0.25) is 0 Å². The van der Waals surface area contributed by atoms with Crippen LogP contribution in [-0.4, -0.2) is 23.1 Å². The van der Waals surface area contributed by atoms with Crippen LogP contribution in [-0.2, 0) is 11.3 Å². The van der Waals surface area contributed by atoms with Crippen molar-refractivity contribution in [3.05, 3.63) is 35.6 Å². The third-order valence-electron chi connectivity index (χ3n) is 2.58. The van der Waals surface area contributed by atoms with Crippen molar-refractivity contribution in [3.63, 3.8) is 0 Å². The minimum Gasteiger partial charge on any atom is -0.480 e. The number of urea groups is 1. The number of rotatable bonds is 6. The highest BCUT2D eigenvalue weighted by atomic mass is 19.1. The first-order valence-corrected chi connectivity index (χ1v) is 6.05. The zero-order chi connectivity index (χ0) is 14.3. The van der Waals surface area contributed by atoms with Gasteiger partial charge in [-0.15, -0.1) is 0 Å². The van der Waals surface area contributed by atoms with Gasteiger partial charge in [-0.2, -0.15) is 0 Å². The van der Waals surface area contributed by atoms with Gasteiger partial charge in [-0.1, -0.05) is 31.5 Å². The van der Waals surface area contributed by atoms with Crippen molar-refractivity contribution in [3.8, 4) is 0 Å². The zero-order valence-corrected chi connectivity index (χ0v) is 10.6. The lowest BCUT2D eigenvalue weighted by Crippen LogP contribution is -2.45. The minimum atomic E-state index is -1.08. The molecule has 3 N–H and O–H groups in total. The van der Waals surface area contributed by atoms with Gasteiger partial charge in [0.15, 0.2) is 0 Å². The quantitative estimate of drug-likeness (QED) is 0.737. The molecule has 0 heterocycles. The van der Waals surface area contributed by atoms with E-state index in [2.05, 4.69) is 10.6 Å². The fraction of sp³-hybridized carbons (Fsp3) is 0.385. The number of nitrogens with one attached hydrogen (secondary N) is 2. The number of hydrogen-bond donors (Lipinski definition) is 3. The van der Waals surface area contributed by atoms with E-state index in [1.54, 1.807) is 18.2 Å². The van der Waals surface area contributed by atoms with Crippen molar-refractivity contribution >= 4 is 12.0 Å². The van der Waals surface area contributed by atoms with Crippen LogP contribution in [0.2, 0.25) is 0 Å². The smallest absolute Gasteiger partial charge is 0.326 e. The van der Waals surface area contributed by atoms with Gasteiger partial charge in [0.1, 0.15) is 11.9 Å². The van der Waals surface area contributed by atoms with Crippen molar-refractivity contribution in [2.45, 2.75) is 32.4 Å². The van der Waals surface area contributed by atoms with E-state index in [1.165, 1.54) is 6.07 Å². The summed E-state index contributed by atoms with van der Waals surface area (Å²) in [7, 11) is 0. The van der Waals surface area contributed by atoms with E-state index in [-0.39, 0.29) is 6.54 Å². The first kappa shape index (κ1) is 14.9. The fourth-order valence-electron chi connectivity index (χ4n) is 1.57. The summed E-state index contributed by atoms with van der Waals surface area (Å²) in [4.78, 5) is 22.4. The molecule has 2 amide bonds. The molecule has 1 atom stereocenters. The number of carboxylic acids is 1. The molecule has 0 saturated carbocycles. The lowest BCUT2D eigenvalue weighted by Gasteiger charge is -2.14. The molecule has 6 heteroatoms. The Labute approximate surface area is 110 Å². The molecule has 1 aromatic rings. The molecule has 0 bridgehead atoms. The minimum absolute atomic E-state index is 0.0109. The maximum Gasteiger partial charge on any atom is 0.326 e. The number of benzene rings is 1. The first-order valence-electron chi connectivity index (χ1n) is 6.05. The van der Waals surface area contributed by atoms with Crippen molar-refractivity contribution < 1.29 is 19.1 Å². The van der Waals surface area contributed by atoms with Crippen molar-refractivity contribution in [1.82, 2.24) is 10.6 Å². The van der Waals surface area contributed by atoms with Crippen LogP contribution < -0.4 is 10.6 Å². The number of halogens is 1. The molecule has 0 radical (unpaired) electrons. The van der Waals surface area contributed by atoms with Crippen LogP contribution in [0.4, 0.5) is 9.18 Å². The molecule has 0 unspecified atom stereocenters. The standard InChI is InChI=1S/C13H17FN2O3/c1-2-5-11(12(17)18)16-13(19)15-8-9-6-3-4-7-10(9)14/h3-4,6-7,11H,2,5,8H2,1H3,(H,17,18)(H2,15,16,19)/t11-/m1/s1. The van der Waals surface area contributed by atoms with Gasteiger partial charge in [0, 0.05) is 12.1 Å². The third kappa shape index (κ3) is 4.95. The molecule has 0 saturated heterocycles. The van der Waals surface area contributed by atoms with Gasteiger partial charge >= 0.3 is 12.0 Å². The lowest BCUT2D eigenvalue weighted by molar-refractivity contribution is -0.139. The molecule has 0 spiro atoms. The summed E-state index contributed by atoms with van der Waals surface area (Å²) in [6.07, 6.45) is 0.993. The van der Waals surface area contributed by atoms with Gasteiger partial charge in [0.2, 0.25) is 0 Å². The largest absolute Gasteiger partial charge is 0.480 e. The van der Waals surface area contributed by atoms with Gasteiger partial charge in [0.05, 0.1) is 0 Å². The van der Waals surface area contributed by atoms with Crippen LogP contribution in [0, 0.1) is 5.82 Å². The van der Waals surface area contributed by atoms with Crippen molar-refractivity contribution in [1.29, 1.82) is 0 Å². The summed E-state index contributed by atoms with van der Waals surface area (Å²) in [6, 6.07) is 4.52. The summed E-state index contributed by atoms with van der Waals surface area (Å²) in [5, 5.41) is 13.6. The molecule has 0 aliphatic heterocycles. The summed E-state index contributed by atoms with van der Waals surface area (Å²) >= 11 is 0. The lowest BCUT2D eigenvalue weighted by atomic mass is 10.2. The Morgan fingerprint density at radius 2 is 2.05 bits per heavy atom. The van der Waals surface area contributed by atoms with Crippen LogP contribution in [0.3, 0.4) is 0 Å². The van der Waals surface area contributed by atoms with Crippen LogP contribution in [0.15, 0.2) is 24.3 Å². The summed E-state index contributed by atoms with van der Waals surface area (Å²) in [5.74, 6) is -1.49. The van der Waals surface area contributed by atoms with Gasteiger partial charge in [-0.25, -0.2) is 14.0 Å². The maximum absolute atomic E-state index is 13.3. The van der Waals surface area contributed by atoms with Crippen molar-refractivity contribution in [2.24, 2.45) is 0 Å². The van der Waals surface area contributed by atoms with Gasteiger partial charge < -0.3 is 15.7 Å². The highest BCUT2D eigenvalue weighted by molar-refractivity contribution is 5.82. The number of amides is 2. The van der Waals surface area contributed by atoms with E-state index in [1.807, 2.05) is 6.92 Å². The van der Waals surface area contributed by atoms with E-state index < -0.39 is 23.9 Å². The second-order valence-corrected chi connectivity index (χ2v) is 4.10. The number of carbonyl (C=O) groups excluding carboxylic acids is 1. The van der Waals surface area contributed by atoms with E-state index in [0.29, 0.717) is 18.4 Å². The highest BCUT2D eigenvalue weighted by Gasteiger charge is 2.18. The Balaban J connectivity index is 2.47. The third-order valence-corrected chi connectivity index (χ3v) is 2.58. The van der Waals surface area contributed by atoms with E-state index >= 15 is 0 Å². The maximum atomic E-state index is 13.3. The Morgan fingerprint density at radius 3 is 2.63 bits per heavy atom. The Hall–Kier alpha value is -2.11. The van der Waals surface area contributed by atoms with Crippen LogP contribution in [0.25, 0.3) is 0 Å². The number of carboxylic acid groups (broad SMARTS) is 1. The molecular weight excluding hydrogens is 251 g/mol. The number of aliphatic carboxylic acids is 1. The normalized spacial score (nSPS) is 11.7. The fourth-order valence-corrected chi connectivity index (χ4v) is 1.57. The Morgan fingerprint density at radius 1 is 1.37 bits per heavy atom. The van der Waals surface area contributed by atoms with Gasteiger partial charge in [-0.05, 0) is 12.5 Å². The Bertz CT molecular complexity index is 451. The average Bonchev–Trinajstić information content (AvgIpc) is 2.37. The molecule has 1 aromatic carbocycles. The number of hydrogen-bond acceptors (Lipinski definition) is 2. The second-order valence-electron chi connectivity index (χ2n) is 4.10. The molecule has 0 aliphatic carbocycles. The molecule has 1 rings (SSSR count). The van der Waals surface area contributed by atoms with Crippen molar-refractivity contribution in [2.75, 3.05) is 0 Å². The van der Waals surface area contributed by atoms with Crippen LogP contribution in [0.1, 0.15) is 25.3 Å². The molecule has 0 fully saturated rings. The summed E-state index contributed by atoms with van der Waals surface area (Å²) < 4.78 is 13.3. The van der Waals surface area contributed by atoms with Crippen LogP contribution >= 0.6 is 0 Å². The zero-order valence-electron chi connectivity index (χ0n) is 10.6. The van der Waals surface area contributed by atoms with Crippen LogP contribution in [0.5, 0.6) is 0 Å². The second kappa shape index (κ2) is 7.35. The topological polar surface area (TPSA) is 78.4 Å². The Kier molecular flexibility index (Phi) is 5.78. The molecule has 104 valence electrons. The van der Waals surface area contributed by atoms with E-state index in [0.717, 1.165) is 0 Å². The SMILES string of the molecule is CCC[C@@H](NC(=O)NCc1ccccc1F)C(=O)O. The summed E-state index contributed by atoms with van der Waals surface area (Å²) in [5.41, 5.74) is 0.347. The average molecular weight is 268 g/mol. The van der Waals surface area contributed by atoms with Gasteiger partial charge in [0.25, 0.3) is 0 Å². The summed E-state index contributed by atoms with van der Waals surface area (Å²) in [6.45, 7) is 1.84. The van der Waals surface area contributed by atoms with E-state index in [4.69, 9.17) is 5.11 Å². The highest BCUT2D eigenvalue weighted by Crippen LogP contribution is 2.05. The molecule has 0 aromatic heterocycles. The van der Waals surface area contributed by atoms with E-state index in [9.17, 15) is 14.0 Å². The monoisotopic (exact) mass is 268 g/mol. The molecule has 0 aliphatic rings. The molecule has 19 heavy (non-hydrogen) atoms.